The molecule has 6 heteroatoms. The lowest BCUT2D eigenvalue weighted by molar-refractivity contribution is -0.0190. The normalized spacial score (nSPS) is 20.2. The van der Waals surface area contributed by atoms with Crippen molar-refractivity contribution in [3.8, 4) is 5.75 Å². The molecule has 140 valence electrons. The second-order valence-electron chi connectivity index (χ2n) is 6.86. The van der Waals surface area contributed by atoms with E-state index in [4.69, 9.17) is 33.0 Å². The van der Waals surface area contributed by atoms with Crippen LogP contribution >= 0.6 is 23.2 Å². The van der Waals surface area contributed by atoms with Crippen molar-refractivity contribution in [2.45, 2.75) is 18.7 Å². The fourth-order valence-electron chi connectivity index (χ4n) is 3.72. The molecule has 2 atom stereocenters. The Balaban J connectivity index is 1.59. The number of rotatable bonds is 2. The molecule has 5 rings (SSSR count). The predicted molar refractivity (Wildman–Crippen MR) is 108 cm³/mol. The highest BCUT2D eigenvalue weighted by atomic mass is 35.5. The Kier molecular flexibility index (Phi) is 4.26. The van der Waals surface area contributed by atoms with E-state index in [1.807, 2.05) is 47.5 Å². The SMILES string of the molecule is Fc1ccc([C@@H]2Oc3ccc(Cl)cc3[C@H]3CC(c4ccc(Cl)cc4)=NN32)cc1. The molecule has 3 nitrogen and oxygen atoms in total. The number of hydrazone groups is 1. The van der Waals surface area contributed by atoms with Gasteiger partial charge in [-0.05, 0) is 48.0 Å². The van der Waals surface area contributed by atoms with Gasteiger partial charge in [-0.2, -0.15) is 5.10 Å². The minimum absolute atomic E-state index is 0.0109. The van der Waals surface area contributed by atoms with Crippen molar-refractivity contribution in [2.24, 2.45) is 5.10 Å². The van der Waals surface area contributed by atoms with Gasteiger partial charge < -0.3 is 4.74 Å². The largest absolute Gasteiger partial charge is 0.464 e. The number of halogens is 3. The monoisotopic (exact) mass is 412 g/mol. The zero-order valence-corrected chi connectivity index (χ0v) is 16.2. The Labute approximate surface area is 172 Å². The van der Waals surface area contributed by atoms with Gasteiger partial charge in [-0.3, -0.25) is 0 Å². The average Bonchev–Trinajstić information content (AvgIpc) is 3.14. The van der Waals surface area contributed by atoms with Gasteiger partial charge >= 0.3 is 0 Å². The Hall–Kier alpha value is -2.56. The summed E-state index contributed by atoms with van der Waals surface area (Å²) in [6.07, 6.45) is 0.278. The van der Waals surface area contributed by atoms with E-state index in [2.05, 4.69) is 0 Å². The van der Waals surface area contributed by atoms with E-state index in [1.165, 1.54) is 12.1 Å². The third-order valence-corrected chi connectivity index (χ3v) is 5.57. The van der Waals surface area contributed by atoms with E-state index in [1.54, 1.807) is 12.1 Å². The highest BCUT2D eigenvalue weighted by molar-refractivity contribution is 6.31. The third kappa shape index (κ3) is 3.03. The van der Waals surface area contributed by atoms with Gasteiger partial charge in [0.2, 0.25) is 6.23 Å². The van der Waals surface area contributed by atoms with Gasteiger partial charge in [0.1, 0.15) is 11.6 Å². The number of benzene rings is 3. The first-order chi connectivity index (χ1) is 13.6. The summed E-state index contributed by atoms with van der Waals surface area (Å²) in [7, 11) is 0. The number of hydrogen-bond donors (Lipinski definition) is 0. The van der Waals surface area contributed by atoms with Crippen molar-refractivity contribution in [3.63, 3.8) is 0 Å². The lowest BCUT2D eigenvalue weighted by Crippen LogP contribution is -2.33. The minimum Gasteiger partial charge on any atom is -0.464 e. The Morgan fingerprint density at radius 3 is 2.39 bits per heavy atom. The highest BCUT2D eigenvalue weighted by Crippen LogP contribution is 2.48. The van der Waals surface area contributed by atoms with Crippen LogP contribution in [0.5, 0.6) is 5.75 Å². The molecule has 0 amide bonds. The molecule has 3 aromatic carbocycles. The van der Waals surface area contributed by atoms with Gasteiger partial charge in [0.05, 0.1) is 11.8 Å². The molecule has 0 bridgehead atoms. The molecule has 0 saturated heterocycles. The maximum absolute atomic E-state index is 13.4. The van der Waals surface area contributed by atoms with Crippen molar-refractivity contribution in [2.75, 3.05) is 0 Å². The van der Waals surface area contributed by atoms with Crippen LogP contribution in [0.25, 0.3) is 0 Å². The first-order valence-electron chi connectivity index (χ1n) is 8.92. The molecule has 2 aliphatic rings. The highest BCUT2D eigenvalue weighted by Gasteiger charge is 2.41. The topological polar surface area (TPSA) is 24.8 Å². The van der Waals surface area contributed by atoms with Crippen LogP contribution in [0.4, 0.5) is 4.39 Å². The number of nitrogens with zero attached hydrogens (tertiary/aromatic N) is 2. The summed E-state index contributed by atoms with van der Waals surface area (Å²) in [5, 5.41) is 8.14. The van der Waals surface area contributed by atoms with E-state index in [0.29, 0.717) is 10.0 Å². The van der Waals surface area contributed by atoms with E-state index >= 15 is 0 Å². The molecular weight excluding hydrogens is 398 g/mol. The zero-order chi connectivity index (χ0) is 19.3. The maximum atomic E-state index is 13.4. The first kappa shape index (κ1) is 17.5. The summed E-state index contributed by atoms with van der Waals surface area (Å²) in [4.78, 5) is 0. The zero-order valence-electron chi connectivity index (χ0n) is 14.6. The van der Waals surface area contributed by atoms with E-state index < -0.39 is 6.23 Å². The van der Waals surface area contributed by atoms with Gasteiger partial charge in [-0.25, -0.2) is 9.40 Å². The van der Waals surface area contributed by atoms with Crippen LogP contribution in [0, 0.1) is 5.82 Å². The van der Waals surface area contributed by atoms with E-state index in [9.17, 15) is 4.39 Å². The van der Waals surface area contributed by atoms with Crippen molar-refractivity contribution >= 4 is 28.9 Å². The summed E-state index contributed by atoms with van der Waals surface area (Å²) < 4.78 is 19.7. The van der Waals surface area contributed by atoms with Crippen molar-refractivity contribution in [1.29, 1.82) is 0 Å². The minimum atomic E-state index is -0.441. The summed E-state index contributed by atoms with van der Waals surface area (Å²) in [5.41, 5.74) is 3.80. The van der Waals surface area contributed by atoms with Gasteiger partial charge in [0.25, 0.3) is 0 Å². The standard InChI is InChI=1S/C22H15Cl2FN2O/c23-15-5-1-13(2-6-15)19-12-20-18-11-16(24)7-10-21(18)28-22(27(20)26-19)14-3-8-17(25)9-4-14/h1-11,20,22H,12H2/t20-,22+/m1/s1. The molecule has 0 N–H and O–H groups in total. The summed E-state index contributed by atoms with van der Waals surface area (Å²) in [6.45, 7) is 0. The molecule has 0 aromatic heterocycles. The molecular formula is C22H15Cl2FN2O. The molecule has 28 heavy (non-hydrogen) atoms. The van der Waals surface area contributed by atoms with Gasteiger partial charge in [0, 0.05) is 27.6 Å². The number of ether oxygens (including phenoxy) is 1. The summed E-state index contributed by atoms with van der Waals surface area (Å²) in [6, 6.07) is 19.6. The summed E-state index contributed by atoms with van der Waals surface area (Å²) >= 11 is 12.3. The Morgan fingerprint density at radius 1 is 0.929 bits per heavy atom. The van der Waals surface area contributed by atoms with Crippen LogP contribution in [0.15, 0.2) is 71.8 Å². The molecule has 2 heterocycles. The molecule has 0 fully saturated rings. The number of hydrogen-bond acceptors (Lipinski definition) is 3. The molecule has 0 aliphatic carbocycles. The van der Waals surface area contributed by atoms with E-state index in [0.717, 1.165) is 34.6 Å². The smallest absolute Gasteiger partial charge is 0.213 e. The quantitative estimate of drug-likeness (QED) is 0.487. The fraction of sp³-hybridized carbons (Fsp3) is 0.136. The average molecular weight is 413 g/mol. The lowest BCUT2D eigenvalue weighted by Gasteiger charge is -2.38. The van der Waals surface area contributed by atoms with Crippen LogP contribution in [0.1, 0.15) is 35.4 Å². The second-order valence-corrected chi connectivity index (χ2v) is 7.73. The Morgan fingerprint density at radius 2 is 1.64 bits per heavy atom. The molecule has 3 aromatic rings. The van der Waals surface area contributed by atoms with Crippen LogP contribution in [-0.2, 0) is 0 Å². The first-order valence-corrected chi connectivity index (χ1v) is 9.67. The van der Waals surface area contributed by atoms with Crippen LogP contribution in [0.3, 0.4) is 0 Å². The maximum Gasteiger partial charge on any atom is 0.213 e. The van der Waals surface area contributed by atoms with E-state index in [-0.39, 0.29) is 11.9 Å². The van der Waals surface area contributed by atoms with Gasteiger partial charge in [0.15, 0.2) is 0 Å². The van der Waals surface area contributed by atoms with Crippen molar-refractivity contribution in [1.82, 2.24) is 5.01 Å². The lowest BCUT2D eigenvalue weighted by atomic mass is 9.96. The van der Waals surface area contributed by atoms with Crippen molar-refractivity contribution in [3.05, 3.63) is 99.3 Å². The Bertz CT molecular complexity index is 1070. The third-order valence-electron chi connectivity index (χ3n) is 5.08. The van der Waals surface area contributed by atoms with Crippen LogP contribution in [-0.4, -0.2) is 10.7 Å². The van der Waals surface area contributed by atoms with Gasteiger partial charge in [-0.15, -0.1) is 0 Å². The van der Waals surface area contributed by atoms with Crippen molar-refractivity contribution < 1.29 is 9.13 Å². The van der Waals surface area contributed by atoms with Crippen LogP contribution < -0.4 is 4.74 Å². The van der Waals surface area contributed by atoms with Crippen LogP contribution in [0.2, 0.25) is 10.0 Å². The number of fused-ring (bicyclic) bond motifs is 3. The fourth-order valence-corrected chi connectivity index (χ4v) is 4.03. The molecule has 0 saturated carbocycles. The molecule has 0 radical (unpaired) electrons. The van der Waals surface area contributed by atoms with Gasteiger partial charge in [-0.1, -0.05) is 47.5 Å². The molecule has 2 aliphatic heterocycles. The molecule has 0 unspecified atom stereocenters. The second kappa shape index (κ2) is 6.80. The summed E-state index contributed by atoms with van der Waals surface area (Å²) in [5.74, 6) is 0.489. The predicted octanol–water partition coefficient (Wildman–Crippen LogP) is 6.37. The molecule has 0 spiro atoms.